The zero-order valence-corrected chi connectivity index (χ0v) is 14.8. The van der Waals surface area contributed by atoms with Crippen molar-refractivity contribution >= 4 is 4.82 Å². The Labute approximate surface area is 129 Å². The molecule has 0 heterocycles. The Morgan fingerprint density at radius 1 is 1.15 bits per heavy atom. The van der Waals surface area contributed by atoms with Gasteiger partial charge in [0, 0.05) is 0 Å². The molecule has 0 aliphatic heterocycles. The second kappa shape index (κ2) is 5.83. The van der Waals surface area contributed by atoms with Crippen molar-refractivity contribution in [1.82, 2.24) is 0 Å². The van der Waals surface area contributed by atoms with Crippen LogP contribution in [0.1, 0.15) is 45.2 Å². The first-order valence-electron chi connectivity index (χ1n) is 7.13. The standard InChI is InChI=1S/C11H16O.C6H7.CH2.Ti/c1-8-5-9(11(2,3)4)7-10(12)6-8;1-6-4-2-3-5-6;;/h5-7,12H,1-4H3;2,4H,3H2,1H3;1H2;/q;;;+1/p-1. The van der Waals surface area contributed by atoms with E-state index in [4.69, 9.17) is 3.32 Å². The van der Waals surface area contributed by atoms with E-state index in [2.05, 4.69) is 69.8 Å². The van der Waals surface area contributed by atoms with E-state index < -0.39 is 17.8 Å². The van der Waals surface area contributed by atoms with Crippen molar-refractivity contribution in [2.75, 3.05) is 0 Å². The molecule has 0 bridgehead atoms. The van der Waals surface area contributed by atoms with Crippen LogP contribution in [0.2, 0.25) is 0 Å². The molecule has 0 amide bonds. The van der Waals surface area contributed by atoms with Crippen LogP contribution in [0.15, 0.2) is 39.8 Å². The third-order valence-corrected chi connectivity index (χ3v) is 6.40. The Morgan fingerprint density at radius 2 is 1.85 bits per heavy atom. The van der Waals surface area contributed by atoms with Crippen LogP contribution in [0.4, 0.5) is 0 Å². The third-order valence-electron chi connectivity index (χ3n) is 3.66. The molecule has 0 N–H and O–H groups in total. The molecule has 0 saturated carbocycles. The number of benzene rings is 1. The Balaban J connectivity index is 2.24. The first-order chi connectivity index (χ1) is 9.27. The molecule has 0 aromatic heterocycles. The number of hydrogen-bond donors (Lipinski definition) is 0. The zero-order valence-electron chi connectivity index (χ0n) is 13.2. The maximum absolute atomic E-state index is 6.24. The van der Waals surface area contributed by atoms with Gasteiger partial charge in [-0.25, -0.2) is 0 Å². The van der Waals surface area contributed by atoms with Gasteiger partial charge in [-0.2, -0.15) is 0 Å². The van der Waals surface area contributed by atoms with Gasteiger partial charge in [0.1, 0.15) is 0 Å². The summed E-state index contributed by atoms with van der Waals surface area (Å²) in [5, 5.41) is 0. The van der Waals surface area contributed by atoms with E-state index in [0.29, 0.717) is 0 Å². The fraction of sp³-hybridized carbons (Fsp3) is 0.389. The van der Waals surface area contributed by atoms with Crippen LogP contribution in [0.5, 0.6) is 5.75 Å². The number of hydrogen-bond acceptors (Lipinski definition) is 1. The predicted octanol–water partition coefficient (Wildman–Crippen LogP) is 4.87. The van der Waals surface area contributed by atoms with Crippen molar-refractivity contribution in [3.63, 3.8) is 0 Å². The van der Waals surface area contributed by atoms with Gasteiger partial charge >= 0.3 is 129 Å². The van der Waals surface area contributed by atoms with Crippen molar-refractivity contribution in [2.24, 2.45) is 0 Å². The Hall–Kier alpha value is -0.916. The molecule has 0 spiro atoms. The maximum atomic E-state index is 6.24. The van der Waals surface area contributed by atoms with Gasteiger partial charge in [0.15, 0.2) is 0 Å². The molecule has 1 nitrogen and oxygen atoms in total. The van der Waals surface area contributed by atoms with Gasteiger partial charge in [0.2, 0.25) is 0 Å². The first kappa shape index (κ1) is 15.5. The van der Waals surface area contributed by atoms with E-state index in [1.54, 1.807) is 0 Å². The topological polar surface area (TPSA) is 9.23 Å². The normalized spacial score (nSPS) is 14.8. The second-order valence-electron chi connectivity index (χ2n) is 6.58. The molecule has 1 aliphatic carbocycles. The van der Waals surface area contributed by atoms with E-state index in [-0.39, 0.29) is 5.41 Å². The fourth-order valence-corrected chi connectivity index (χ4v) is 4.57. The van der Waals surface area contributed by atoms with Crippen LogP contribution in [0.25, 0.3) is 0 Å². The first-order valence-corrected chi connectivity index (χ1v) is 9.65. The average Bonchev–Trinajstić information content (AvgIpc) is 2.73. The minimum absolute atomic E-state index is 0.148. The molecule has 1 aliphatic rings. The molecule has 0 fully saturated rings. The second-order valence-corrected chi connectivity index (χ2v) is 9.16. The minimum atomic E-state index is -1.86. The van der Waals surface area contributed by atoms with Crippen LogP contribution in [-0.4, -0.2) is 4.82 Å². The molecule has 0 saturated heterocycles. The summed E-state index contributed by atoms with van der Waals surface area (Å²) in [6.07, 6.45) is 5.43. The summed E-state index contributed by atoms with van der Waals surface area (Å²) < 4.78 is 7.69. The van der Waals surface area contributed by atoms with Gasteiger partial charge in [-0.05, 0) is 0 Å². The summed E-state index contributed by atoms with van der Waals surface area (Å²) in [6.45, 7) is 11.0. The van der Waals surface area contributed by atoms with Crippen molar-refractivity contribution in [2.45, 2.75) is 46.5 Å². The summed E-state index contributed by atoms with van der Waals surface area (Å²) in [5.74, 6) is 0.993. The molecule has 20 heavy (non-hydrogen) atoms. The monoisotopic (exact) mass is 304 g/mol. The van der Waals surface area contributed by atoms with Crippen LogP contribution in [0.3, 0.4) is 0 Å². The molecule has 2 heteroatoms. The van der Waals surface area contributed by atoms with Gasteiger partial charge < -0.3 is 0 Å². The SMILES string of the molecule is [CH2]=[Ti]([O]c1cc(C)cc(C(C)(C)C)c1)[C]1=C(C)C=CC1. The van der Waals surface area contributed by atoms with E-state index in [0.717, 1.165) is 12.2 Å². The molecule has 106 valence electrons. The molecule has 0 atom stereocenters. The van der Waals surface area contributed by atoms with Crippen LogP contribution < -0.4 is 3.32 Å². The van der Waals surface area contributed by atoms with Crippen molar-refractivity contribution in [3.8, 4) is 5.75 Å². The number of aryl methyl sites for hydroxylation is 1. The summed E-state index contributed by atoms with van der Waals surface area (Å²) in [4.78, 5) is 4.33. The Kier molecular flexibility index (Phi) is 4.51. The molecular formula is C18H24OTi. The quantitative estimate of drug-likeness (QED) is 0.724. The van der Waals surface area contributed by atoms with Crippen molar-refractivity contribution in [3.05, 3.63) is 50.9 Å². The van der Waals surface area contributed by atoms with Gasteiger partial charge in [0.25, 0.3) is 0 Å². The zero-order chi connectivity index (χ0) is 14.9. The Morgan fingerprint density at radius 3 is 2.40 bits per heavy atom. The summed E-state index contributed by atoms with van der Waals surface area (Å²) >= 11 is -1.86. The van der Waals surface area contributed by atoms with E-state index in [9.17, 15) is 0 Å². The van der Waals surface area contributed by atoms with Crippen molar-refractivity contribution < 1.29 is 21.1 Å². The molecule has 0 unspecified atom stereocenters. The van der Waals surface area contributed by atoms with E-state index in [1.165, 1.54) is 20.6 Å². The van der Waals surface area contributed by atoms with Crippen molar-refractivity contribution in [1.29, 1.82) is 0 Å². The van der Waals surface area contributed by atoms with Crippen LogP contribution in [-0.2, 0) is 23.2 Å². The molecular weight excluding hydrogens is 280 g/mol. The summed E-state index contributed by atoms with van der Waals surface area (Å²) in [7, 11) is 0. The Bertz CT molecular complexity index is 600. The summed E-state index contributed by atoms with van der Waals surface area (Å²) in [5.41, 5.74) is 4.09. The number of allylic oxidation sites excluding steroid dienone is 4. The van der Waals surface area contributed by atoms with E-state index >= 15 is 0 Å². The fourth-order valence-electron chi connectivity index (χ4n) is 2.39. The van der Waals surface area contributed by atoms with Gasteiger partial charge in [0.05, 0.1) is 0 Å². The van der Waals surface area contributed by atoms with Gasteiger partial charge in [-0.3, -0.25) is 0 Å². The van der Waals surface area contributed by atoms with Crippen LogP contribution in [0, 0.1) is 6.92 Å². The summed E-state index contributed by atoms with van der Waals surface area (Å²) in [6, 6.07) is 6.56. The third kappa shape index (κ3) is 3.59. The molecule has 0 radical (unpaired) electrons. The van der Waals surface area contributed by atoms with E-state index in [1.807, 2.05) is 0 Å². The molecule has 1 aromatic rings. The predicted molar refractivity (Wildman–Crippen MR) is 84.1 cm³/mol. The average molecular weight is 304 g/mol. The van der Waals surface area contributed by atoms with Gasteiger partial charge in [-0.1, -0.05) is 0 Å². The number of rotatable bonds is 3. The molecule has 2 rings (SSSR count). The van der Waals surface area contributed by atoms with Gasteiger partial charge in [-0.15, -0.1) is 0 Å². The molecule has 1 aromatic carbocycles. The van der Waals surface area contributed by atoms with Crippen LogP contribution >= 0.6 is 0 Å².